The molecule has 0 unspecified atom stereocenters. The Kier molecular flexibility index (Phi) is 4.15. The SMILES string of the molecule is NCC#Cc1ccc(Cn2ccnc2-c2ccccc2)s1. The molecule has 0 saturated carbocycles. The summed E-state index contributed by atoms with van der Waals surface area (Å²) in [6.45, 7) is 1.20. The number of hydrogen-bond acceptors (Lipinski definition) is 3. The van der Waals surface area contributed by atoms with Gasteiger partial charge in [-0.05, 0) is 12.1 Å². The maximum Gasteiger partial charge on any atom is 0.140 e. The summed E-state index contributed by atoms with van der Waals surface area (Å²) >= 11 is 1.70. The van der Waals surface area contributed by atoms with Gasteiger partial charge in [0.2, 0.25) is 0 Å². The maximum atomic E-state index is 5.40. The largest absolute Gasteiger partial charge is 0.326 e. The Hall–Kier alpha value is -2.35. The highest BCUT2D eigenvalue weighted by atomic mass is 32.1. The van der Waals surface area contributed by atoms with Gasteiger partial charge in [-0.15, -0.1) is 11.3 Å². The molecule has 0 fully saturated rings. The third-order valence-electron chi connectivity index (χ3n) is 3.05. The van der Waals surface area contributed by atoms with E-state index in [0.717, 1.165) is 22.8 Å². The predicted octanol–water partition coefficient (Wildman–Crippen LogP) is 2.97. The van der Waals surface area contributed by atoms with Gasteiger partial charge in [0.25, 0.3) is 0 Å². The topological polar surface area (TPSA) is 43.8 Å². The van der Waals surface area contributed by atoms with Crippen molar-refractivity contribution in [2.24, 2.45) is 5.73 Å². The lowest BCUT2D eigenvalue weighted by atomic mass is 10.2. The Morgan fingerprint density at radius 3 is 2.81 bits per heavy atom. The number of nitrogens with two attached hydrogens (primary N) is 1. The zero-order chi connectivity index (χ0) is 14.5. The smallest absolute Gasteiger partial charge is 0.140 e. The molecule has 0 bridgehead atoms. The number of hydrogen-bond donors (Lipinski definition) is 1. The first-order valence-corrected chi connectivity index (χ1v) is 7.52. The third kappa shape index (κ3) is 3.22. The van der Waals surface area contributed by atoms with Crippen LogP contribution in [0.1, 0.15) is 9.75 Å². The van der Waals surface area contributed by atoms with Crippen LogP contribution < -0.4 is 5.73 Å². The van der Waals surface area contributed by atoms with Crippen LogP contribution in [0.5, 0.6) is 0 Å². The summed E-state index contributed by atoms with van der Waals surface area (Å²) in [6, 6.07) is 14.4. The van der Waals surface area contributed by atoms with Crippen molar-refractivity contribution in [2.75, 3.05) is 6.54 Å². The molecule has 0 aliphatic carbocycles. The quantitative estimate of drug-likeness (QED) is 0.755. The number of benzene rings is 1. The van der Waals surface area contributed by atoms with E-state index in [1.165, 1.54) is 4.88 Å². The summed E-state index contributed by atoms with van der Waals surface area (Å²) in [7, 11) is 0. The highest BCUT2D eigenvalue weighted by molar-refractivity contribution is 7.12. The van der Waals surface area contributed by atoms with Gasteiger partial charge in [-0.3, -0.25) is 0 Å². The number of thiophene rings is 1. The highest BCUT2D eigenvalue weighted by Crippen LogP contribution is 2.21. The van der Waals surface area contributed by atoms with Crippen LogP contribution >= 0.6 is 11.3 Å². The van der Waals surface area contributed by atoms with Gasteiger partial charge in [-0.1, -0.05) is 42.2 Å². The van der Waals surface area contributed by atoms with Gasteiger partial charge in [-0.25, -0.2) is 4.98 Å². The lowest BCUT2D eigenvalue weighted by Gasteiger charge is -2.06. The first kappa shape index (κ1) is 13.6. The lowest BCUT2D eigenvalue weighted by molar-refractivity contribution is 0.820. The van der Waals surface area contributed by atoms with E-state index in [1.807, 2.05) is 36.7 Å². The van der Waals surface area contributed by atoms with Gasteiger partial charge < -0.3 is 10.3 Å². The average molecular weight is 293 g/mol. The van der Waals surface area contributed by atoms with Crippen molar-refractivity contribution in [1.29, 1.82) is 0 Å². The average Bonchev–Trinajstić information content (AvgIpc) is 3.16. The van der Waals surface area contributed by atoms with Crippen LogP contribution in [0.15, 0.2) is 54.9 Å². The highest BCUT2D eigenvalue weighted by Gasteiger charge is 2.07. The molecule has 0 amide bonds. The molecule has 21 heavy (non-hydrogen) atoms. The van der Waals surface area contributed by atoms with Crippen LogP contribution in [0.3, 0.4) is 0 Å². The van der Waals surface area contributed by atoms with Gasteiger partial charge in [0.05, 0.1) is 18.0 Å². The molecule has 0 saturated heterocycles. The fourth-order valence-corrected chi connectivity index (χ4v) is 3.00. The standard InChI is InChI=1S/C17H15N3S/c18-10-4-7-15-8-9-16(21-15)13-20-12-11-19-17(20)14-5-2-1-3-6-14/h1-3,5-6,8-9,11-12H,10,13,18H2. The molecule has 0 atom stereocenters. The minimum absolute atomic E-state index is 0.396. The second kappa shape index (κ2) is 6.40. The van der Waals surface area contributed by atoms with Crippen molar-refractivity contribution < 1.29 is 0 Å². The van der Waals surface area contributed by atoms with Crippen molar-refractivity contribution >= 4 is 11.3 Å². The number of rotatable bonds is 3. The van der Waals surface area contributed by atoms with Gasteiger partial charge in [0.1, 0.15) is 5.82 Å². The van der Waals surface area contributed by atoms with Crippen molar-refractivity contribution in [3.8, 4) is 23.2 Å². The van der Waals surface area contributed by atoms with E-state index in [2.05, 4.69) is 39.6 Å². The van der Waals surface area contributed by atoms with Crippen molar-refractivity contribution in [3.63, 3.8) is 0 Å². The van der Waals surface area contributed by atoms with Crippen LogP contribution in [0, 0.1) is 11.8 Å². The molecule has 0 spiro atoms. The molecule has 2 N–H and O–H groups in total. The molecule has 2 heterocycles. The van der Waals surface area contributed by atoms with Crippen LogP contribution in [0.25, 0.3) is 11.4 Å². The molecule has 2 aromatic heterocycles. The Morgan fingerprint density at radius 1 is 1.14 bits per heavy atom. The van der Waals surface area contributed by atoms with E-state index in [4.69, 9.17) is 5.73 Å². The number of nitrogens with zero attached hydrogens (tertiary/aromatic N) is 2. The third-order valence-corrected chi connectivity index (χ3v) is 4.03. The molecule has 0 radical (unpaired) electrons. The number of aromatic nitrogens is 2. The van der Waals surface area contributed by atoms with Crippen LogP contribution in [-0.4, -0.2) is 16.1 Å². The molecule has 3 nitrogen and oxygen atoms in total. The second-order valence-corrected chi connectivity index (χ2v) is 5.68. The molecular formula is C17H15N3S. The molecule has 4 heteroatoms. The minimum atomic E-state index is 0.396. The zero-order valence-corrected chi connectivity index (χ0v) is 12.3. The van der Waals surface area contributed by atoms with Crippen LogP contribution in [0.4, 0.5) is 0 Å². The second-order valence-electron chi connectivity index (χ2n) is 4.52. The predicted molar refractivity (Wildman–Crippen MR) is 87.0 cm³/mol. The summed E-state index contributed by atoms with van der Waals surface area (Å²) in [5, 5.41) is 0. The Labute approximate surface area is 128 Å². The molecular weight excluding hydrogens is 278 g/mol. The molecule has 1 aromatic carbocycles. The summed E-state index contributed by atoms with van der Waals surface area (Å²) in [5.41, 5.74) is 6.52. The fraction of sp³-hybridized carbons (Fsp3) is 0.118. The summed E-state index contributed by atoms with van der Waals surface area (Å²) in [6.07, 6.45) is 3.85. The lowest BCUT2D eigenvalue weighted by Crippen LogP contribution is -1.99. The van der Waals surface area contributed by atoms with Crippen LogP contribution in [-0.2, 0) is 6.54 Å². The molecule has 104 valence electrons. The van der Waals surface area contributed by atoms with Crippen molar-refractivity contribution in [1.82, 2.24) is 9.55 Å². The van der Waals surface area contributed by atoms with E-state index in [0.29, 0.717) is 6.54 Å². The van der Waals surface area contributed by atoms with E-state index >= 15 is 0 Å². The van der Waals surface area contributed by atoms with Crippen LogP contribution in [0.2, 0.25) is 0 Å². The molecule has 3 rings (SSSR count). The summed E-state index contributed by atoms with van der Waals surface area (Å²) in [5.74, 6) is 6.94. The van der Waals surface area contributed by atoms with E-state index < -0.39 is 0 Å². The first-order valence-electron chi connectivity index (χ1n) is 6.71. The Morgan fingerprint density at radius 2 is 2.00 bits per heavy atom. The Balaban J connectivity index is 1.83. The van der Waals surface area contributed by atoms with Crippen molar-refractivity contribution in [2.45, 2.75) is 6.54 Å². The van der Waals surface area contributed by atoms with Gasteiger partial charge in [0, 0.05) is 22.8 Å². The molecule has 0 aliphatic rings. The number of imidazole rings is 1. The maximum absolute atomic E-state index is 5.40. The van der Waals surface area contributed by atoms with E-state index in [1.54, 1.807) is 11.3 Å². The Bertz CT molecular complexity index is 775. The van der Waals surface area contributed by atoms with Gasteiger partial charge in [0.15, 0.2) is 0 Å². The first-order chi connectivity index (χ1) is 10.4. The van der Waals surface area contributed by atoms with E-state index in [9.17, 15) is 0 Å². The summed E-state index contributed by atoms with van der Waals surface area (Å²) < 4.78 is 2.15. The normalized spacial score (nSPS) is 10.1. The molecule has 0 aliphatic heterocycles. The van der Waals surface area contributed by atoms with Gasteiger partial charge in [-0.2, -0.15) is 0 Å². The molecule has 3 aromatic rings. The monoisotopic (exact) mass is 293 g/mol. The van der Waals surface area contributed by atoms with Crippen molar-refractivity contribution in [3.05, 3.63) is 64.6 Å². The fourth-order valence-electron chi connectivity index (χ4n) is 2.12. The summed E-state index contributed by atoms with van der Waals surface area (Å²) in [4.78, 5) is 6.77. The zero-order valence-electron chi connectivity index (χ0n) is 11.5. The van der Waals surface area contributed by atoms with Gasteiger partial charge >= 0.3 is 0 Å². The minimum Gasteiger partial charge on any atom is -0.326 e. The van der Waals surface area contributed by atoms with E-state index in [-0.39, 0.29) is 0 Å².